The van der Waals surface area contributed by atoms with E-state index in [4.69, 9.17) is 0 Å². The molecule has 0 unspecified atom stereocenters. The topological polar surface area (TPSA) is 0 Å². The van der Waals surface area contributed by atoms with Crippen molar-refractivity contribution in [3.63, 3.8) is 0 Å². The van der Waals surface area contributed by atoms with E-state index >= 15 is 0 Å². The SMILES string of the molecule is CCl.[H-].[H-].[H-].[H-].[H-].[H-].[K+].[K+].[K+].[K+].[K+].[K+]. The molecule has 26 valence electrons. The van der Waals surface area contributed by atoms with Crippen molar-refractivity contribution in [1.82, 2.24) is 0 Å². The molecule has 0 saturated heterocycles. The average molecular weight is 291 g/mol. The molecule has 0 radical (unpaired) electrons. The van der Waals surface area contributed by atoms with Crippen molar-refractivity contribution in [1.29, 1.82) is 0 Å². The maximum Gasteiger partial charge on any atom is 1.00 e. The summed E-state index contributed by atoms with van der Waals surface area (Å²) < 4.78 is 0. The van der Waals surface area contributed by atoms with E-state index in [9.17, 15) is 0 Å². The summed E-state index contributed by atoms with van der Waals surface area (Å²) in [4.78, 5) is 0. The van der Waals surface area contributed by atoms with E-state index in [0.29, 0.717) is 0 Å². The van der Waals surface area contributed by atoms with Crippen molar-refractivity contribution in [2.75, 3.05) is 6.38 Å². The third kappa shape index (κ3) is 36.0. The zero-order chi connectivity index (χ0) is 2.00. The number of alkyl halides is 1. The molecule has 0 spiro atoms. The Morgan fingerprint density at radius 2 is 0.625 bits per heavy atom. The van der Waals surface area contributed by atoms with Gasteiger partial charge in [0, 0.05) is 6.38 Å². The molecule has 7 heteroatoms. The minimum atomic E-state index is 0. The van der Waals surface area contributed by atoms with Gasteiger partial charge in [-0.05, 0) is 0 Å². The first-order chi connectivity index (χ1) is 1.00. The summed E-state index contributed by atoms with van der Waals surface area (Å²) in [5.41, 5.74) is 0. The Morgan fingerprint density at radius 3 is 0.625 bits per heavy atom. The van der Waals surface area contributed by atoms with Crippen molar-refractivity contribution in [3.8, 4) is 0 Å². The summed E-state index contributed by atoms with van der Waals surface area (Å²) in [7, 11) is 0. The average Bonchev–Trinajstić information content (AvgIpc) is 1.00. The van der Waals surface area contributed by atoms with E-state index in [1.165, 1.54) is 6.38 Å². The third-order valence-electron chi connectivity index (χ3n) is 0. The summed E-state index contributed by atoms with van der Waals surface area (Å²) in [5.74, 6) is 0. The molecule has 0 nitrogen and oxygen atoms in total. The first-order valence-corrected chi connectivity index (χ1v) is 1.13. The van der Waals surface area contributed by atoms with Gasteiger partial charge in [0.2, 0.25) is 0 Å². The van der Waals surface area contributed by atoms with Gasteiger partial charge in [-0.2, -0.15) is 0 Å². The second-order valence-electron chi connectivity index (χ2n) is 0. The van der Waals surface area contributed by atoms with Crippen LogP contribution in [0.3, 0.4) is 0 Å². The van der Waals surface area contributed by atoms with Crippen molar-refractivity contribution >= 4 is 11.6 Å². The first kappa shape index (κ1) is 43.0. The van der Waals surface area contributed by atoms with Crippen molar-refractivity contribution < 1.29 is 317 Å². The van der Waals surface area contributed by atoms with Gasteiger partial charge in [-0.15, -0.1) is 11.6 Å². The Balaban J connectivity index is -0.0000000000758. The van der Waals surface area contributed by atoms with Gasteiger partial charge in [-0.1, -0.05) is 0 Å². The molecule has 0 N–H and O–H groups in total. The molecule has 0 amide bonds. The van der Waals surface area contributed by atoms with E-state index in [0.717, 1.165) is 0 Å². The Hall–Kier alpha value is 10.1. The van der Waals surface area contributed by atoms with Crippen molar-refractivity contribution in [3.05, 3.63) is 0 Å². The third-order valence-corrected chi connectivity index (χ3v) is 0. The Labute approximate surface area is 321 Å². The van der Waals surface area contributed by atoms with Crippen LogP contribution in [0.2, 0.25) is 0 Å². The molecular formula is CH9ClK6. The van der Waals surface area contributed by atoms with Gasteiger partial charge in [0.1, 0.15) is 0 Å². The van der Waals surface area contributed by atoms with Crippen LogP contribution < -0.4 is 308 Å². The summed E-state index contributed by atoms with van der Waals surface area (Å²) in [5, 5.41) is 0. The number of hydrogen-bond donors (Lipinski definition) is 0. The summed E-state index contributed by atoms with van der Waals surface area (Å²) in [6.07, 6.45) is 1.47. The Kier molecular flexibility index (Phi) is 233. The summed E-state index contributed by atoms with van der Waals surface area (Å²) >= 11 is 4.64. The van der Waals surface area contributed by atoms with Crippen LogP contribution in [0.1, 0.15) is 8.56 Å². The molecule has 8 heavy (non-hydrogen) atoms. The maximum absolute atomic E-state index is 4.64. The van der Waals surface area contributed by atoms with Gasteiger partial charge < -0.3 is 8.56 Å². The predicted molar refractivity (Wildman–Crippen MR) is 18.4 cm³/mol. The van der Waals surface area contributed by atoms with Crippen LogP contribution in [-0.4, -0.2) is 6.38 Å². The number of halogens is 1. The van der Waals surface area contributed by atoms with Crippen molar-refractivity contribution in [2.45, 2.75) is 0 Å². The van der Waals surface area contributed by atoms with Crippen molar-refractivity contribution in [2.24, 2.45) is 0 Å². The van der Waals surface area contributed by atoms with E-state index < -0.39 is 0 Å². The van der Waals surface area contributed by atoms with Gasteiger partial charge in [0.15, 0.2) is 0 Å². The first-order valence-electron chi connectivity index (χ1n) is 0.378. The molecule has 0 aromatic heterocycles. The van der Waals surface area contributed by atoms with Crippen LogP contribution in [0, 0.1) is 0 Å². The normalized spacial score (nSPS) is 0.750. The zero-order valence-electron chi connectivity index (χ0n) is 13.4. The standard InChI is InChI=1S/CH3Cl.6K.6H/c1-2;;;;;;;;;;;;/h1H3;;;;;;;;;;;;/q;6*+1;6*-1. The maximum atomic E-state index is 4.64. The Morgan fingerprint density at radius 1 is 0.625 bits per heavy atom. The molecule has 0 aromatic carbocycles. The second kappa shape index (κ2) is 43.4. The van der Waals surface area contributed by atoms with E-state index in [2.05, 4.69) is 11.6 Å². The monoisotopic (exact) mass is 290 g/mol. The van der Waals surface area contributed by atoms with Crippen LogP contribution in [0.4, 0.5) is 0 Å². The Bertz CT molecular complexity index is 22.3. The molecule has 0 aromatic rings. The van der Waals surface area contributed by atoms with E-state index in [-0.39, 0.29) is 317 Å². The minimum absolute atomic E-state index is 0. The fourth-order valence-corrected chi connectivity index (χ4v) is 0. The van der Waals surface area contributed by atoms with Gasteiger partial charge in [0.05, 0.1) is 0 Å². The fraction of sp³-hybridized carbons (Fsp3) is 1.00. The van der Waals surface area contributed by atoms with Gasteiger partial charge in [-0.25, -0.2) is 0 Å². The number of rotatable bonds is 0. The molecule has 0 atom stereocenters. The van der Waals surface area contributed by atoms with Crippen LogP contribution in [0.25, 0.3) is 0 Å². The number of hydrogen-bond acceptors (Lipinski definition) is 0. The molecule has 0 bridgehead atoms. The zero-order valence-corrected chi connectivity index (χ0v) is 26.9. The molecule has 0 aliphatic carbocycles. The summed E-state index contributed by atoms with van der Waals surface area (Å²) in [6, 6.07) is 0. The van der Waals surface area contributed by atoms with E-state index in [1.807, 2.05) is 0 Å². The minimum Gasteiger partial charge on any atom is -1.00 e. The van der Waals surface area contributed by atoms with Gasteiger partial charge in [0.25, 0.3) is 0 Å². The molecule has 0 aliphatic heterocycles. The predicted octanol–water partition coefficient (Wildman–Crippen LogP) is -16.4. The smallest absolute Gasteiger partial charge is 1.00 e. The van der Waals surface area contributed by atoms with Gasteiger partial charge >= 0.3 is 308 Å². The quantitative estimate of drug-likeness (QED) is 0.307. The largest absolute Gasteiger partial charge is 1.00 e. The molecule has 0 fully saturated rings. The molecule has 0 rings (SSSR count). The second-order valence-corrected chi connectivity index (χ2v) is 0. The van der Waals surface area contributed by atoms with E-state index in [1.54, 1.807) is 0 Å². The molecule has 0 heterocycles. The molecule has 0 aliphatic rings. The molecular weight excluding hydrogens is 282 g/mol. The molecule has 0 saturated carbocycles. The summed E-state index contributed by atoms with van der Waals surface area (Å²) in [6.45, 7) is 0. The van der Waals surface area contributed by atoms with Gasteiger partial charge in [-0.3, -0.25) is 0 Å². The van der Waals surface area contributed by atoms with Crippen LogP contribution >= 0.6 is 11.6 Å². The fourth-order valence-electron chi connectivity index (χ4n) is 0. The van der Waals surface area contributed by atoms with Crippen LogP contribution in [-0.2, 0) is 0 Å². The van der Waals surface area contributed by atoms with Crippen LogP contribution in [0.15, 0.2) is 0 Å². The van der Waals surface area contributed by atoms with Crippen LogP contribution in [0.5, 0.6) is 0 Å².